The molecule has 1 fully saturated rings. The van der Waals surface area contributed by atoms with Crippen molar-refractivity contribution in [2.24, 2.45) is 11.7 Å². The summed E-state index contributed by atoms with van der Waals surface area (Å²) in [6.07, 6.45) is -0.345. The topological polar surface area (TPSA) is 81.0 Å². The van der Waals surface area contributed by atoms with E-state index >= 15 is 0 Å². The molecule has 3 rings (SSSR count). The van der Waals surface area contributed by atoms with E-state index in [4.69, 9.17) is 22.1 Å². The fraction of sp³-hybridized carbons (Fsp3) is 0.467. The lowest BCUT2D eigenvalue weighted by Crippen LogP contribution is -2.38. The van der Waals surface area contributed by atoms with Crippen molar-refractivity contribution in [3.8, 4) is 5.75 Å². The van der Waals surface area contributed by atoms with E-state index in [1.165, 1.54) is 0 Å². The van der Waals surface area contributed by atoms with E-state index in [0.29, 0.717) is 21.8 Å². The number of aromatic amines is 1. The Kier molecular flexibility index (Phi) is 4.01. The van der Waals surface area contributed by atoms with Gasteiger partial charge >= 0.3 is 0 Å². The van der Waals surface area contributed by atoms with Gasteiger partial charge in [-0.1, -0.05) is 11.6 Å². The highest BCUT2D eigenvalue weighted by molar-refractivity contribution is 6.32. The summed E-state index contributed by atoms with van der Waals surface area (Å²) in [5, 5.41) is 0.304. The molecule has 0 amide bonds. The number of H-pyrrole nitrogens is 1. The van der Waals surface area contributed by atoms with Crippen LogP contribution in [0.15, 0.2) is 16.9 Å². The Morgan fingerprint density at radius 2 is 2.22 bits per heavy atom. The summed E-state index contributed by atoms with van der Waals surface area (Å²) in [5.41, 5.74) is 6.49. The Labute approximate surface area is 135 Å². The van der Waals surface area contributed by atoms with E-state index in [9.17, 15) is 13.6 Å². The minimum Gasteiger partial charge on any atom is -0.492 e. The summed E-state index contributed by atoms with van der Waals surface area (Å²) in [6.45, 7) is 1.83. The number of alkyl halides is 2. The number of benzene rings is 1. The monoisotopic (exact) mass is 343 g/mol. The zero-order chi connectivity index (χ0) is 16.8. The summed E-state index contributed by atoms with van der Waals surface area (Å²) < 4.78 is 31.1. The lowest BCUT2D eigenvalue weighted by Gasteiger charge is -2.34. The van der Waals surface area contributed by atoms with Gasteiger partial charge in [0.2, 0.25) is 5.92 Å². The number of hydrogen-bond donors (Lipinski definition) is 2. The van der Waals surface area contributed by atoms with Gasteiger partial charge in [-0.25, -0.2) is 13.8 Å². The molecule has 1 atom stereocenters. The molecule has 1 aliphatic rings. The van der Waals surface area contributed by atoms with E-state index in [1.807, 2.05) is 0 Å². The molecule has 124 valence electrons. The zero-order valence-corrected chi connectivity index (χ0v) is 13.2. The van der Waals surface area contributed by atoms with Crippen LogP contribution in [0.2, 0.25) is 5.02 Å². The van der Waals surface area contributed by atoms with Gasteiger partial charge in [0.25, 0.3) is 5.56 Å². The molecule has 0 aliphatic heterocycles. The van der Waals surface area contributed by atoms with Crippen molar-refractivity contribution in [1.82, 2.24) is 9.97 Å². The smallest absolute Gasteiger partial charge is 0.271 e. The van der Waals surface area contributed by atoms with Gasteiger partial charge in [0.05, 0.1) is 22.7 Å². The van der Waals surface area contributed by atoms with Gasteiger partial charge in [0.15, 0.2) is 0 Å². The van der Waals surface area contributed by atoms with Crippen molar-refractivity contribution in [2.75, 3.05) is 6.61 Å². The Bertz CT molecular complexity index is 799. The Morgan fingerprint density at radius 1 is 1.52 bits per heavy atom. The zero-order valence-electron chi connectivity index (χ0n) is 12.4. The molecule has 0 spiro atoms. The largest absolute Gasteiger partial charge is 0.492 e. The highest BCUT2D eigenvalue weighted by atomic mass is 35.5. The van der Waals surface area contributed by atoms with Crippen LogP contribution in [-0.4, -0.2) is 22.5 Å². The van der Waals surface area contributed by atoms with Gasteiger partial charge < -0.3 is 15.5 Å². The molecular weight excluding hydrogens is 328 g/mol. The lowest BCUT2D eigenvalue weighted by atomic mass is 9.82. The van der Waals surface area contributed by atoms with E-state index in [-0.39, 0.29) is 36.6 Å². The van der Waals surface area contributed by atoms with Crippen molar-refractivity contribution in [3.05, 3.63) is 33.2 Å². The SMILES string of the molecule is CC(N)c1nc2cc(Cl)c(OCC3CC(F)(F)C3)cc2[nH]c1=O. The second-order valence-corrected chi connectivity index (χ2v) is 6.39. The Hall–Kier alpha value is -1.73. The molecule has 1 aromatic heterocycles. The normalized spacial score (nSPS) is 18.7. The highest BCUT2D eigenvalue weighted by Gasteiger charge is 2.45. The first kappa shape index (κ1) is 16.1. The summed E-state index contributed by atoms with van der Waals surface area (Å²) in [6, 6.07) is 2.61. The fourth-order valence-corrected chi connectivity index (χ4v) is 2.84. The molecule has 1 heterocycles. The van der Waals surface area contributed by atoms with E-state index in [1.54, 1.807) is 19.1 Å². The van der Waals surface area contributed by atoms with Gasteiger partial charge in [-0.2, -0.15) is 0 Å². The van der Waals surface area contributed by atoms with Crippen molar-refractivity contribution < 1.29 is 13.5 Å². The average Bonchev–Trinajstić information content (AvgIpc) is 2.42. The number of rotatable bonds is 4. The first-order valence-corrected chi connectivity index (χ1v) is 7.62. The number of halogens is 3. The van der Waals surface area contributed by atoms with Crippen molar-refractivity contribution >= 4 is 22.6 Å². The molecule has 8 heteroatoms. The summed E-state index contributed by atoms with van der Waals surface area (Å²) in [7, 11) is 0. The summed E-state index contributed by atoms with van der Waals surface area (Å²) >= 11 is 6.14. The predicted octanol–water partition coefficient (Wildman–Crippen LogP) is 3.02. The van der Waals surface area contributed by atoms with Gasteiger partial charge in [-0.15, -0.1) is 0 Å². The minimum absolute atomic E-state index is 0.163. The first-order valence-electron chi connectivity index (χ1n) is 7.25. The van der Waals surface area contributed by atoms with Crippen LogP contribution in [-0.2, 0) is 0 Å². The number of nitrogens with one attached hydrogen (secondary N) is 1. The third kappa shape index (κ3) is 3.30. The Morgan fingerprint density at radius 3 is 2.83 bits per heavy atom. The van der Waals surface area contributed by atoms with Gasteiger partial charge in [-0.05, 0) is 13.0 Å². The number of nitrogens with zero attached hydrogens (tertiary/aromatic N) is 1. The van der Waals surface area contributed by atoms with Gasteiger partial charge in [-0.3, -0.25) is 4.79 Å². The first-order chi connectivity index (χ1) is 10.7. The second-order valence-electron chi connectivity index (χ2n) is 5.98. The van der Waals surface area contributed by atoms with Crippen LogP contribution in [0.25, 0.3) is 11.0 Å². The molecule has 0 saturated heterocycles. The number of hydrogen-bond acceptors (Lipinski definition) is 4. The highest BCUT2D eigenvalue weighted by Crippen LogP contribution is 2.42. The number of nitrogens with two attached hydrogens (primary N) is 1. The number of ether oxygens (including phenoxy) is 1. The van der Waals surface area contributed by atoms with Crippen LogP contribution >= 0.6 is 11.6 Å². The Balaban J connectivity index is 1.83. The molecule has 23 heavy (non-hydrogen) atoms. The van der Waals surface area contributed by atoms with E-state index in [0.717, 1.165) is 0 Å². The molecule has 5 nitrogen and oxygen atoms in total. The van der Waals surface area contributed by atoms with E-state index in [2.05, 4.69) is 9.97 Å². The minimum atomic E-state index is -2.58. The van der Waals surface area contributed by atoms with Crippen LogP contribution < -0.4 is 16.0 Å². The fourth-order valence-electron chi connectivity index (χ4n) is 2.63. The summed E-state index contributed by atoms with van der Waals surface area (Å²) in [5.74, 6) is -2.43. The van der Waals surface area contributed by atoms with Gasteiger partial charge in [0.1, 0.15) is 11.4 Å². The lowest BCUT2D eigenvalue weighted by molar-refractivity contribution is -0.119. The maximum absolute atomic E-state index is 12.8. The van der Waals surface area contributed by atoms with Crippen molar-refractivity contribution in [1.29, 1.82) is 0 Å². The summed E-state index contributed by atoms with van der Waals surface area (Å²) in [4.78, 5) is 18.8. The number of fused-ring (bicyclic) bond motifs is 1. The second kappa shape index (κ2) is 5.72. The molecule has 1 aromatic carbocycles. The third-order valence-electron chi connectivity index (χ3n) is 3.85. The number of aromatic nitrogens is 2. The van der Waals surface area contributed by atoms with Crippen LogP contribution in [0.3, 0.4) is 0 Å². The predicted molar refractivity (Wildman–Crippen MR) is 83.1 cm³/mol. The van der Waals surface area contributed by atoms with Gasteiger partial charge in [0, 0.05) is 30.9 Å². The van der Waals surface area contributed by atoms with Crippen LogP contribution in [0, 0.1) is 5.92 Å². The molecule has 0 radical (unpaired) electrons. The molecular formula is C15H16ClF2N3O2. The van der Waals surface area contributed by atoms with Crippen molar-refractivity contribution in [3.63, 3.8) is 0 Å². The standard InChI is InChI=1S/C15H16ClF2N3O2/c1-7(19)13-14(22)21-11-3-12(9(16)2-10(11)20-13)23-6-8-4-15(17,18)5-8/h2-3,7-8H,4-6,19H2,1H3,(H,21,22). The van der Waals surface area contributed by atoms with Crippen LogP contribution in [0.5, 0.6) is 5.75 Å². The van der Waals surface area contributed by atoms with Crippen LogP contribution in [0.4, 0.5) is 8.78 Å². The maximum atomic E-state index is 12.8. The quantitative estimate of drug-likeness (QED) is 0.894. The van der Waals surface area contributed by atoms with Crippen LogP contribution in [0.1, 0.15) is 31.5 Å². The molecule has 0 bridgehead atoms. The molecule has 2 aromatic rings. The molecule has 1 unspecified atom stereocenters. The maximum Gasteiger partial charge on any atom is 0.271 e. The van der Waals surface area contributed by atoms with Crippen molar-refractivity contribution in [2.45, 2.75) is 31.7 Å². The average molecular weight is 344 g/mol. The van der Waals surface area contributed by atoms with E-state index < -0.39 is 12.0 Å². The molecule has 3 N–H and O–H groups in total. The third-order valence-corrected chi connectivity index (χ3v) is 4.15. The molecule has 1 aliphatic carbocycles. The molecule has 1 saturated carbocycles.